The highest BCUT2D eigenvalue weighted by Crippen LogP contribution is 2.37. The van der Waals surface area contributed by atoms with Crippen LogP contribution in [0, 0.1) is 6.92 Å². The van der Waals surface area contributed by atoms with E-state index in [1.807, 2.05) is 19.1 Å². The summed E-state index contributed by atoms with van der Waals surface area (Å²) in [7, 11) is 3.07. The molecule has 1 amide bonds. The first-order valence-corrected chi connectivity index (χ1v) is 9.08. The van der Waals surface area contributed by atoms with Gasteiger partial charge in [0.15, 0.2) is 12.4 Å². The number of fused-ring (bicyclic) bond motifs is 1. The Bertz CT molecular complexity index is 1020. The van der Waals surface area contributed by atoms with Gasteiger partial charge in [-0.05, 0) is 25.1 Å². The molecule has 0 unspecified atom stereocenters. The molecule has 146 valence electrons. The Kier molecular flexibility index (Phi) is 6.11. The molecular weight excluding hydrogens is 403 g/mol. The van der Waals surface area contributed by atoms with Gasteiger partial charge in [-0.3, -0.25) is 4.79 Å². The molecule has 3 rings (SSSR count). The first-order chi connectivity index (χ1) is 13.4. The molecule has 0 saturated heterocycles. The zero-order valence-electron chi connectivity index (χ0n) is 15.5. The van der Waals surface area contributed by atoms with Crippen molar-refractivity contribution in [1.29, 1.82) is 0 Å². The number of aryl methyl sites for hydroxylation is 1. The second kappa shape index (κ2) is 8.54. The number of methoxy groups -OCH3 is 2. The maximum atomic E-state index is 12.4. The number of aromatic nitrogens is 1. The molecule has 6 nitrogen and oxygen atoms in total. The first-order valence-electron chi connectivity index (χ1n) is 8.32. The Balaban J connectivity index is 1.79. The molecule has 0 bridgehead atoms. The third-order valence-corrected chi connectivity index (χ3v) is 4.55. The number of hydrogen-bond donors (Lipinski definition) is 1. The standard InChI is InChI=1S/C20H18Cl2N2O4/c1-11-4-5-15-16(21)9-17(22)20(19(15)23-11)28-10-18(25)24-12-6-13(26-2)8-14(7-12)27-3/h4-9H,10H2,1-3H3,(H,24,25). The highest BCUT2D eigenvalue weighted by Gasteiger charge is 2.15. The molecule has 0 fully saturated rings. The van der Waals surface area contributed by atoms with Crippen LogP contribution >= 0.6 is 23.2 Å². The van der Waals surface area contributed by atoms with E-state index in [0.29, 0.717) is 38.9 Å². The number of halogens is 2. The number of rotatable bonds is 6. The molecule has 0 aliphatic carbocycles. The van der Waals surface area contributed by atoms with Crippen LogP contribution in [0.15, 0.2) is 36.4 Å². The zero-order chi connectivity index (χ0) is 20.3. The van der Waals surface area contributed by atoms with Crippen molar-refractivity contribution >= 4 is 45.7 Å². The largest absolute Gasteiger partial charge is 0.497 e. The zero-order valence-corrected chi connectivity index (χ0v) is 17.0. The van der Waals surface area contributed by atoms with E-state index >= 15 is 0 Å². The lowest BCUT2D eigenvalue weighted by molar-refractivity contribution is -0.118. The minimum atomic E-state index is -0.373. The van der Waals surface area contributed by atoms with Crippen molar-refractivity contribution < 1.29 is 19.0 Å². The predicted octanol–water partition coefficient (Wildman–Crippen LogP) is 4.88. The number of ether oxygens (including phenoxy) is 3. The van der Waals surface area contributed by atoms with Gasteiger partial charge in [0.25, 0.3) is 5.91 Å². The van der Waals surface area contributed by atoms with Gasteiger partial charge < -0.3 is 19.5 Å². The summed E-state index contributed by atoms with van der Waals surface area (Å²) in [5.41, 5.74) is 1.81. The summed E-state index contributed by atoms with van der Waals surface area (Å²) >= 11 is 12.5. The van der Waals surface area contributed by atoms with Crippen LogP contribution in [0.1, 0.15) is 5.69 Å². The third-order valence-electron chi connectivity index (χ3n) is 3.96. The van der Waals surface area contributed by atoms with Crippen LogP contribution in [0.3, 0.4) is 0 Å². The van der Waals surface area contributed by atoms with Crippen LogP contribution in [0.2, 0.25) is 10.0 Å². The number of amides is 1. The average Bonchev–Trinajstić information content (AvgIpc) is 2.67. The minimum Gasteiger partial charge on any atom is -0.497 e. The van der Waals surface area contributed by atoms with Crippen molar-refractivity contribution in [3.05, 3.63) is 52.1 Å². The molecule has 1 heterocycles. The third kappa shape index (κ3) is 4.40. The molecule has 0 atom stereocenters. The Morgan fingerprint density at radius 3 is 2.36 bits per heavy atom. The first kappa shape index (κ1) is 20.0. The SMILES string of the molecule is COc1cc(NC(=O)COc2c(Cl)cc(Cl)c3ccc(C)nc23)cc(OC)c1. The van der Waals surface area contributed by atoms with Gasteiger partial charge in [-0.2, -0.15) is 0 Å². The van der Waals surface area contributed by atoms with Gasteiger partial charge in [-0.15, -0.1) is 0 Å². The van der Waals surface area contributed by atoms with Crippen molar-refractivity contribution in [3.63, 3.8) is 0 Å². The van der Waals surface area contributed by atoms with Gasteiger partial charge in [-0.25, -0.2) is 4.98 Å². The summed E-state index contributed by atoms with van der Waals surface area (Å²) in [6.07, 6.45) is 0. The molecule has 0 aliphatic heterocycles. The summed E-state index contributed by atoms with van der Waals surface area (Å²) in [6.45, 7) is 1.59. The highest BCUT2D eigenvalue weighted by molar-refractivity contribution is 6.39. The van der Waals surface area contributed by atoms with E-state index in [-0.39, 0.29) is 17.5 Å². The lowest BCUT2D eigenvalue weighted by Crippen LogP contribution is -2.20. The fourth-order valence-electron chi connectivity index (χ4n) is 2.64. The van der Waals surface area contributed by atoms with Crippen molar-refractivity contribution in [3.8, 4) is 17.2 Å². The molecule has 8 heteroatoms. The van der Waals surface area contributed by atoms with E-state index in [1.54, 1.807) is 24.3 Å². The van der Waals surface area contributed by atoms with Crippen molar-refractivity contribution in [1.82, 2.24) is 4.98 Å². The topological polar surface area (TPSA) is 69.7 Å². The van der Waals surface area contributed by atoms with Gasteiger partial charge in [0.2, 0.25) is 0 Å². The van der Waals surface area contributed by atoms with Crippen LogP contribution in [-0.4, -0.2) is 31.7 Å². The highest BCUT2D eigenvalue weighted by atomic mass is 35.5. The van der Waals surface area contributed by atoms with Crippen LogP contribution < -0.4 is 19.5 Å². The van der Waals surface area contributed by atoms with Gasteiger partial charge in [0.05, 0.1) is 24.3 Å². The number of benzene rings is 2. The minimum absolute atomic E-state index is 0.258. The molecule has 0 aliphatic rings. The quantitative estimate of drug-likeness (QED) is 0.614. The molecule has 28 heavy (non-hydrogen) atoms. The predicted molar refractivity (Wildman–Crippen MR) is 110 cm³/mol. The molecule has 1 N–H and O–H groups in total. The Labute approximate surface area is 172 Å². The summed E-state index contributed by atoms with van der Waals surface area (Å²) in [5.74, 6) is 1.05. The molecular formula is C20H18Cl2N2O4. The fraction of sp³-hybridized carbons (Fsp3) is 0.200. The number of anilines is 1. The number of nitrogens with one attached hydrogen (secondary N) is 1. The second-order valence-electron chi connectivity index (χ2n) is 5.96. The van der Waals surface area contributed by atoms with E-state index in [4.69, 9.17) is 37.4 Å². The summed E-state index contributed by atoms with van der Waals surface area (Å²) in [4.78, 5) is 16.8. The van der Waals surface area contributed by atoms with Crippen LogP contribution in [-0.2, 0) is 4.79 Å². The van der Waals surface area contributed by atoms with Crippen molar-refractivity contribution in [2.24, 2.45) is 0 Å². The lowest BCUT2D eigenvalue weighted by atomic mass is 10.2. The summed E-state index contributed by atoms with van der Waals surface area (Å²) < 4.78 is 16.1. The summed E-state index contributed by atoms with van der Waals surface area (Å²) in [5, 5.41) is 4.19. The maximum Gasteiger partial charge on any atom is 0.262 e. The van der Waals surface area contributed by atoms with Gasteiger partial charge in [0, 0.05) is 35.0 Å². The number of carbonyl (C=O) groups is 1. The summed E-state index contributed by atoms with van der Waals surface area (Å²) in [6, 6.07) is 10.3. The smallest absolute Gasteiger partial charge is 0.262 e. The molecule has 3 aromatic rings. The monoisotopic (exact) mass is 420 g/mol. The molecule has 2 aromatic carbocycles. The number of carbonyl (C=O) groups excluding carboxylic acids is 1. The van der Waals surface area contributed by atoms with Crippen LogP contribution in [0.5, 0.6) is 17.2 Å². The maximum absolute atomic E-state index is 12.4. The van der Waals surface area contributed by atoms with E-state index in [1.165, 1.54) is 14.2 Å². The Morgan fingerprint density at radius 1 is 1.04 bits per heavy atom. The Morgan fingerprint density at radius 2 is 1.71 bits per heavy atom. The van der Waals surface area contributed by atoms with E-state index < -0.39 is 0 Å². The van der Waals surface area contributed by atoms with Gasteiger partial charge in [0.1, 0.15) is 17.0 Å². The average molecular weight is 421 g/mol. The number of hydrogen-bond acceptors (Lipinski definition) is 5. The molecule has 0 saturated carbocycles. The van der Waals surface area contributed by atoms with Gasteiger partial charge in [-0.1, -0.05) is 23.2 Å². The number of nitrogens with zero attached hydrogens (tertiary/aromatic N) is 1. The van der Waals surface area contributed by atoms with Crippen LogP contribution in [0.25, 0.3) is 10.9 Å². The fourth-order valence-corrected chi connectivity index (χ4v) is 3.21. The second-order valence-corrected chi connectivity index (χ2v) is 6.77. The van der Waals surface area contributed by atoms with Crippen LogP contribution in [0.4, 0.5) is 5.69 Å². The van der Waals surface area contributed by atoms with E-state index in [2.05, 4.69) is 10.3 Å². The van der Waals surface area contributed by atoms with Gasteiger partial charge >= 0.3 is 0 Å². The van der Waals surface area contributed by atoms with Crippen molar-refractivity contribution in [2.75, 3.05) is 26.1 Å². The molecule has 0 spiro atoms. The normalized spacial score (nSPS) is 10.6. The van der Waals surface area contributed by atoms with E-state index in [0.717, 1.165) is 5.69 Å². The molecule has 0 radical (unpaired) electrons. The number of pyridine rings is 1. The van der Waals surface area contributed by atoms with Crippen molar-refractivity contribution in [2.45, 2.75) is 6.92 Å². The lowest BCUT2D eigenvalue weighted by Gasteiger charge is -2.13. The Hall–Kier alpha value is -2.70. The molecule has 1 aromatic heterocycles. The van der Waals surface area contributed by atoms with E-state index in [9.17, 15) is 4.79 Å².